The van der Waals surface area contributed by atoms with E-state index in [1.165, 1.54) is 0 Å². The fraction of sp³-hybridized carbons (Fsp3) is 1.00. The van der Waals surface area contributed by atoms with Crippen LogP contribution in [0.15, 0.2) is 0 Å². The summed E-state index contributed by atoms with van der Waals surface area (Å²) in [4.78, 5) is 0. The first-order chi connectivity index (χ1) is 4.92. The molecule has 1 aliphatic rings. The monoisotopic (exact) mass is 172 g/mol. The third-order valence-electron chi connectivity index (χ3n) is 1.98. The summed E-state index contributed by atoms with van der Waals surface area (Å²) in [6.07, 6.45) is -1.05. The van der Waals surface area contributed by atoms with Crippen LogP contribution in [0, 0.1) is 5.92 Å². The van der Waals surface area contributed by atoms with Crippen LogP contribution in [0.1, 0.15) is 12.8 Å². The molecule has 1 atom stereocenters. The van der Waals surface area contributed by atoms with Crippen LogP contribution in [0.5, 0.6) is 0 Å². The van der Waals surface area contributed by atoms with Crippen molar-refractivity contribution in [2.24, 2.45) is 5.92 Å². The minimum Gasteiger partial charge on any atom is -0.396 e. The summed E-state index contributed by atoms with van der Waals surface area (Å²) >= 11 is 0. The van der Waals surface area contributed by atoms with Gasteiger partial charge >= 0.3 is 11.8 Å². The quantitative estimate of drug-likeness (QED) is 0.628. The van der Waals surface area contributed by atoms with Crippen LogP contribution < -0.4 is 0 Å². The van der Waals surface area contributed by atoms with Crippen LogP contribution in [-0.4, -0.2) is 23.6 Å². The van der Waals surface area contributed by atoms with Crippen LogP contribution in [0.25, 0.3) is 0 Å². The Morgan fingerprint density at radius 3 is 2.09 bits per heavy atom. The van der Waals surface area contributed by atoms with E-state index in [0.29, 0.717) is 0 Å². The van der Waals surface area contributed by atoms with Crippen LogP contribution in [0.4, 0.5) is 17.6 Å². The van der Waals surface area contributed by atoms with E-state index in [4.69, 9.17) is 5.11 Å². The molecule has 0 aromatic rings. The van der Waals surface area contributed by atoms with Gasteiger partial charge in [-0.2, -0.15) is 17.6 Å². The van der Waals surface area contributed by atoms with Crippen LogP contribution >= 0.6 is 0 Å². The van der Waals surface area contributed by atoms with E-state index in [1.54, 1.807) is 0 Å². The Morgan fingerprint density at radius 1 is 1.27 bits per heavy atom. The molecule has 0 aromatic heterocycles. The molecule has 5 heteroatoms. The third-order valence-corrected chi connectivity index (χ3v) is 1.98. The van der Waals surface area contributed by atoms with Gasteiger partial charge < -0.3 is 5.11 Å². The summed E-state index contributed by atoms with van der Waals surface area (Å²) in [5.41, 5.74) is 0. The first-order valence-corrected chi connectivity index (χ1v) is 3.28. The van der Waals surface area contributed by atoms with Gasteiger partial charge in [-0.3, -0.25) is 0 Å². The molecule has 0 aliphatic heterocycles. The molecule has 1 unspecified atom stereocenters. The lowest BCUT2D eigenvalue weighted by Gasteiger charge is -2.43. The van der Waals surface area contributed by atoms with Crippen molar-refractivity contribution in [1.29, 1.82) is 0 Å². The highest BCUT2D eigenvalue weighted by Gasteiger charge is 2.70. The Hall–Kier alpha value is -0.320. The second kappa shape index (κ2) is 2.33. The molecule has 1 fully saturated rings. The zero-order valence-corrected chi connectivity index (χ0v) is 5.66. The molecule has 0 bridgehead atoms. The van der Waals surface area contributed by atoms with Crippen LogP contribution in [-0.2, 0) is 0 Å². The summed E-state index contributed by atoms with van der Waals surface area (Å²) in [5, 5.41) is 8.23. The van der Waals surface area contributed by atoms with E-state index in [9.17, 15) is 17.6 Å². The molecule has 0 amide bonds. The summed E-state index contributed by atoms with van der Waals surface area (Å²) in [5.74, 6) is -9.11. The second-order valence-corrected chi connectivity index (χ2v) is 2.74. The highest BCUT2D eigenvalue weighted by molar-refractivity contribution is 5.02. The number of halogens is 4. The zero-order chi connectivity index (χ0) is 8.70. The van der Waals surface area contributed by atoms with Crippen molar-refractivity contribution in [3.05, 3.63) is 0 Å². The molecule has 0 aromatic carbocycles. The van der Waals surface area contributed by atoms with Crippen molar-refractivity contribution < 1.29 is 22.7 Å². The van der Waals surface area contributed by atoms with Crippen LogP contribution in [0.3, 0.4) is 0 Å². The number of aliphatic hydroxyl groups excluding tert-OH is 1. The number of aliphatic hydroxyl groups is 1. The topological polar surface area (TPSA) is 20.2 Å². The van der Waals surface area contributed by atoms with Gasteiger partial charge in [0.15, 0.2) is 0 Å². The number of rotatable bonds is 2. The predicted molar refractivity (Wildman–Crippen MR) is 29.7 cm³/mol. The molecule has 66 valence electrons. The average Bonchev–Trinajstić information content (AvgIpc) is 1.87. The van der Waals surface area contributed by atoms with Gasteiger partial charge in [-0.15, -0.1) is 0 Å². The van der Waals surface area contributed by atoms with E-state index in [-0.39, 0.29) is 6.42 Å². The second-order valence-electron chi connectivity index (χ2n) is 2.74. The average molecular weight is 172 g/mol. The normalized spacial score (nSPS) is 33.0. The van der Waals surface area contributed by atoms with Crippen LogP contribution in [0.2, 0.25) is 0 Å². The molecule has 0 heterocycles. The number of alkyl halides is 4. The van der Waals surface area contributed by atoms with Crippen molar-refractivity contribution in [2.75, 3.05) is 6.61 Å². The Labute approximate surface area is 61.0 Å². The lowest BCUT2D eigenvalue weighted by Crippen LogP contribution is -2.58. The Kier molecular flexibility index (Phi) is 1.86. The van der Waals surface area contributed by atoms with Crippen molar-refractivity contribution in [3.8, 4) is 0 Å². The molecular formula is C6H8F4O. The molecule has 1 aliphatic carbocycles. The minimum atomic E-state index is -3.91. The maximum absolute atomic E-state index is 12.3. The van der Waals surface area contributed by atoms with E-state index in [0.717, 1.165) is 0 Å². The van der Waals surface area contributed by atoms with Crippen molar-refractivity contribution in [3.63, 3.8) is 0 Å². The maximum Gasteiger partial charge on any atom is 0.313 e. The summed E-state index contributed by atoms with van der Waals surface area (Å²) < 4.78 is 48.7. The highest BCUT2D eigenvalue weighted by Crippen LogP contribution is 2.56. The number of hydrogen-bond donors (Lipinski definition) is 1. The zero-order valence-electron chi connectivity index (χ0n) is 5.66. The highest BCUT2D eigenvalue weighted by atomic mass is 19.3. The first kappa shape index (κ1) is 8.77. The maximum atomic E-state index is 12.3. The SMILES string of the molecule is OCCC1CC(F)(F)C1(F)F. The third kappa shape index (κ3) is 1.11. The fourth-order valence-electron chi connectivity index (χ4n) is 1.18. The molecule has 1 saturated carbocycles. The molecular weight excluding hydrogens is 164 g/mol. The molecule has 0 radical (unpaired) electrons. The largest absolute Gasteiger partial charge is 0.396 e. The van der Waals surface area contributed by atoms with Gasteiger partial charge in [-0.1, -0.05) is 0 Å². The standard InChI is InChI=1S/C6H8F4O/c7-5(8)3-4(1-2-11)6(5,9)10/h4,11H,1-3H2. The summed E-state index contributed by atoms with van der Waals surface area (Å²) in [7, 11) is 0. The first-order valence-electron chi connectivity index (χ1n) is 3.28. The van der Waals surface area contributed by atoms with E-state index in [1.807, 2.05) is 0 Å². The Bertz CT molecular complexity index is 157. The summed E-state index contributed by atoms with van der Waals surface area (Å²) in [6, 6.07) is 0. The van der Waals surface area contributed by atoms with E-state index in [2.05, 4.69) is 0 Å². The van der Waals surface area contributed by atoms with E-state index < -0.39 is 30.8 Å². The number of hydrogen-bond acceptors (Lipinski definition) is 1. The lowest BCUT2D eigenvalue weighted by molar-refractivity contribution is -0.315. The summed E-state index contributed by atoms with van der Waals surface area (Å²) in [6.45, 7) is -0.462. The van der Waals surface area contributed by atoms with Crippen molar-refractivity contribution in [1.82, 2.24) is 0 Å². The van der Waals surface area contributed by atoms with Crippen molar-refractivity contribution in [2.45, 2.75) is 24.7 Å². The molecule has 11 heavy (non-hydrogen) atoms. The smallest absolute Gasteiger partial charge is 0.313 e. The van der Waals surface area contributed by atoms with Crippen molar-refractivity contribution >= 4 is 0 Å². The van der Waals surface area contributed by atoms with Gasteiger partial charge in [0.05, 0.1) is 0 Å². The predicted octanol–water partition coefficient (Wildman–Crippen LogP) is 1.66. The Balaban J connectivity index is 2.54. The van der Waals surface area contributed by atoms with Gasteiger partial charge in [-0.25, -0.2) is 0 Å². The molecule has 1 rings (SSSR count). The molecule has 1 N–H and O–H groups in total. The fourth-order valence-corrected chi connectivity index (χ4v) is 1.18. The minimum absolute atomic E-state index is 0.247. The lowest BCUT2D eigenvalue weighted by atomic mass is 9.75. The van der Waals surface area contributed by atoms with Gasteiger partial charge in [0.2, 0.25) is 0 Å². The van der Waals surface area contributed by atoms with Gasteiger partial charge in [0, 0.05) is 18.9 Å². The molecule has 1 nitrogen and oxygen atoms in total. The molecule has 0 saturated heterocycles. The van der Waals surface area contributed by atoms with Gasteiger partial charge in [-0.05, 0) is 6.42 Å². The Morgan fingerprint density at radius 2 is 1.82 bits per heavy atom. The van der Waals surface area contributed by atoms with E-state index >= 15 is 0 Å². The van der Waals surface area contributed by atoms with Gasteiger partial charge in [0.1, 0.15) is 0 Å². The van der Waals surface area contributed by atoms with Gasteiger partial charge in [0.25, 0.3) is 0 Å². The molecule has 0 spiro atoms.